The van der Waals surface area contributed by atoms with Crippen molar-refractivity contribution in [3.05, 3.63) is 19.2 Å². The van der Waals surface area contributed by atoms with E-state index in [2.05, 4.69) is 36.6 Å². The molecule has 1 aromatic heterocycles. The fourth-order valence-electron chi connectivity index (χ4n) is 0.710. The highest BCUT2D eigenvalue weighted by Crippen LogP contribution is 2.32. The summed E-state index contributed by atoms with van der Waals surface area (Å²) in [4.78, 5) is 10.9. The maximum absolute atomic E-state index is 10.9. The van der Waals surface area contributed by atoms with E-state index in [-0.39, 0.29) is 5.97 Å². The molecule has 1 heterocycles. The molecular formula is C7H6Br2O2S. The maximum Gasteiger partial charge on any atom is 0.310 e. The molecule has 0 atom stereocenters. The van der Waals surface area contributed by atoms with Crippen molar-refractivity contribution in [3.63, 3.8) is 0 Å². The second kappa shape index (κ2) is 4.39. The highest BCUT2D eigenvalue weighted by atomic mass is 79.9. The van der Waals surface area contributed by atoms with Gasteiger partial charge in [0.15, 0.2) is 0 Å². The molecule has 0 fully saturated rings. The number of methoxy groups -OCH3 is 1. The third-order valence-electron chi connectivity index (χ3n) is 1.34. The highest BCUT2D eigenvalue weighted by Gasteiger charge is 2.11. The van der Waals surface area contributed by atoms with Gasteiger partial charge >= 0.3 is 5.97 Å². The zero-order valence-corrected chi connectivity index (χ0v) is 10.3. The van der Waals surface area contributed by atoms with Gasteiger partial charge in [-0.2, -0.15) is 0 Å². The van der Waals surface area contributed by atoms with Crippen molar-refractivity contribution in [1.29, 1.82) is 0 Å². The van der Waals surface area contributed by atoms with Crippen LogP contribution in [0.5, 0.6) is 0 Å². The normalized spacial score (nSPS) is 9.92. The van der Waals surface area contributed by atoms with E-state index in [1.165, 1.54) is 7.11 Å². The Balaban J connectivity index is 2.80. The van der Waals surface area contributed by atoms with Crippen molar-refractivity contribution in [2.45, 2.75) is 6.42 Å². The van der Waals surface area contributed by atoms with Gasteiger partial charge in [0.2, 0.25) is 0 Å². The third-order valence-corrected chi connectivity index (χ3v) is 4.20. The number of carbonyl (C=O) groups excluding carboxylic acids is 1. The van der Waals surface area contributed by atoms with Crippen LogP contribution in [0.1, 0.15) is 5.56 Å². The molecule has 0 spiro atoms. The number of halogens is 2. The topological polar surface area (TPSA) is 26.3 Å². The number of thiophene rings is 1. The zero-order valence-electron chi connectivity index (χ0n) is 6.27. The molecule has 1 aromatic rings. The molecule has 1 rings (SSSR count). The summed E-state index contributed by atoms with van der Waals surface area (Å²) in [5.74, 6) is -0.227. The van der Waals surface area contributed by atoms with E-state index in [9.17, 15) is 4.79 Å². The van der Waals surface area contributed by atoms with Gasteiger partial charge < -0.3 is 4.74 Å². The second-order valence-corrected chi connectivity index (χ2v) is 5.14. The number of rotatable bonds is 2. The lowest BCUT2D eigenvalue weighted by atomic mass is 10.2. The van der Waals surface area contributed by atoms with Crippen LogP contribution < -0.4 is 0 Å². The maximum atomic E-state index is 10.9. The van der Waals surface area contributed by atoms with E-state index in [1.807, 2.05) is 5.38 Å². The van der Waals surface area contributed by atoms with Crippen LogP contribution in [0.25, 0.3) is 0 Å². The highest BCUT2D eigenvalue weighted by molar-refractivity contribution is 9.11. The van der Waals surface area contributed by atoms with E-state index in [0.29, 0.717) is 6.42 Å². The van der Waals surface area contributed by atoms with Crippen LogP contribution in [0.15, 0.2) is 13.6 Å². The lowest BCUT2D eigenvalue weighted by molar-refractivity contribution is -0.139. The quantitative estimate of drug-likeness (QED) is 0.785. The lowest BCUT2D eigenvalue weighted by Gasteiger charge is -1.98. The Morgan fingerprint density at radius 2 is 2.33 bits per heavy atom. The molecule has 0 aliphatic heterocycles. The standard InChI is InChI=1S/C7H6Br2O2S/c1-11-6(10)2-4-5(8)3-12-7(4)9/h3H,2H2,1H3. The molecule has 0 aliphatic carbocycles. The van der Waals surface area contributed by atoms with Crippen LogP contribution in [0, 0.1) is 0 Å². The number of carbonyl (C=O) groups is 1. The van der Waals surface area contributed by atoms with Gasteiger partial charge in [0, 0.05) is 15.4 Å². The molecule has 66 valence electrons. The number of esters is 1. The van der Waals surface area contributed by atoms with Crippen molar-refractivity contribution < 1.29 is 9.53 Å². The molecule has 2 nitrogen and oxygen atoms in total. The second-order valence-electron chi connectivity index (χ2n) is 2.09. The minimum absolute atomic E-state index is 0.227. The minimum atomic E-state index is -0.227. The van der Waals surface area contributed by atoms with E-state index in [1.54, 1.807) is 11.3 Å². The molecule has 0 unspecified atom stereocenters. The van der Waals surface area contributed by atoms with E-state index in [4.69, 9.17) is 0 Å². The van der Waals surface area contributed by atoms with Gasteiger partial charge in [-0.05, 0) is 31.9 Å². The Hall–Kier alpha value is 0.130. The first kappa shape index (κ1) is 10.2. The van der Waals surface area contributed by atoms with Gasteiger partial charge in [0.05, 0.1) is 17.3 Å². The van der Waals surface area contributed by atoms with Crippen molar-refractivity contribution in [2.75, 3.05) is 7.11 Å². The Bertz CT molecular complexity index is 276. The summed E-state index contributed by atoms with van der Waals surface area (Å²) in [6, 6.07) is 0. The van der Waals surface area contributed by atoms with E-state index >= 15 is 0 Å². The van der Waals surface area contributed by atoms with Crippen molar-refractivity contribution in [1.82, 2.24) is 0 Å². The molecule has 0 saturated heterocycles. The summed E-state index contributed by atoms with van der Waals surface area (Å²) in [6.07, 6.45) is 0.307. The average Bonchev–Trinajstić information content (AvgIpc) is 2.35. The van der Waals surface area contributed by atoms with Crippen LogP contribution in [0.3, 0.4) is 0 Å². The van der Waals surface area contributed by atoms with Gasteiger partial charge in [0.25, 0.3) is 0 Å². The molecular weight excluding hydrogens is 308 g/mol. The Morgan fingerprint density at radius 1 is 1.67 bits per heavy atom. The van der Waals surface area contributed by atoms with Gasteiger partial charge in [-0.3, -0.25) is 4.79 Å². The van der Waals surface area contributed by atoms with E-state index in [0.717, 1.165) is 13.8 Å². The molecule has 0 N–H and O–H groups in total. The van der Waals surface area contributed by atoms with Gasteiger partial charge in [-0.15, -0.1) is 11.3 Å². The fraction of sp³-hybridized carbons (Fsp3) is 0.286. The van der Waals surface area contributed by atoms with Crippen LogP contribution >= 0.6 is 43.2 Å². The molecule has 0 bridgehead atoms. The predicted molar refractivity (Wildman–Crippen MR) is 55.4 cm³/mol. The Morgan fingerprint density at radius 3 is 2.75 bits per heavy atom. The first-order chi connectivity index (χ1) is 5.65. The van der Waals surface area contributed by atoms with Crippen LogP contribution in [0.4, 0.5) is 0 Å². The molecule has 12 heavy (non-hydrogen) atoms. The molecule has 0 aromatic carbocycles. The average molecular weight is 314 g/mol. The van der Waals surface area contributed by atoms with Crippen molar-refractivity contribution >= 4 is 49.2 Å². The summed E-state index contributed by atoms with van der Waals surface area (Å²) in [6.45, 7) is 0. The fourth-order valence-corrected chi connectivity index (χ4v) is 3.03. The van der Waals surface area contributed by atoms with Crippen LogP contribution in [-0.4, -0.2) is 13.1 Å². The summed E-state index contributed by atoms with van der Waals surface area (Å²) in [7, 11) is 1.39. The first-order valence-electron chi connectivity index (χ1n) is 3.13. The summed E-state index contributed by atoms with van der Waals surface area (Å²) in [5.41, 5.74) is 0.951. The lowest BCUT2D eigenvalue weighted by Crippen LogP contribution is -2.04. The molecule has 0 saturated carbocycles. The molecule has 0 radical (unpaired) electrons. The van der Waals surface area contributed by atoms with E-state index < -0.39 is 0 Å². The monoisotopic (exact) mass is 312 g/mol. The van der Waals surface area contributed by atoms with Crippen molar-refractivity contribution in [2.24, 2.45) is 0 Å². The van der Waals surface area contributed by atoms with Gasteiger partial charge in [-0.25, -0.2) is 0 Å². The Labute approximate surface area is 91.2 Å². The summed E-state index contributed by atoms with van der Waals surface area (Å²) < 4.78 is 6.48. The number of hydrogen-bond donors (Lipinski definition) is 0. The molecule has 0 aliphatic rings. The first-order valence-corrected chi connectivity index (χ1v) is 5.60. The van der Waals surface area contributed by atoms with Gasteiger partial charge in [0.1, 0.15) is 0 Å². The third kappa shape index (κ3) is 2.31. The van der Waals surface area contributed by atoms with Crippen LogP contribution in [0.2, 0.25) is 0 Å². The smallest absolute Gasteiger partial charge is 0.310 e. The molecule has 5 heteroatoms. The SMILES string of the molecule is COC(=O)Cc1c(Br)csc1Br. The largest absolute Gasteiger partial charge is 0.469 e. The Kier molecular flexibility index (Phi) is 3.74. The summed E-state index contributed by atoms with van der Waals surface area (Å²) in [5, 5.41) is 1.93. The molecule has 0 amide bonds. The van der Waals surface area contributed by atoms with Crippen LogP contribution in [-0.2, 0) is 16.0 Å². The minimum Gasteiger partial charge on any atom is -0.469 e. The van der Waals surface area contributed by atoms with Crippen molar-refractivity contribution in [3.8, 4) is 0 Å². The summed E-state index contributed by atoms with van der Waals surface area (Å²) >= 11 is 8.25. The predicted octanol–water partition coefficient (Wildman–Crippen LogP) is 2.99. The number of hydrogen-bond acceptors (Lipinski definition) is 3. The zero-order chi connectivity index (χ0) is 9.14. The number of ether oxygens (including phenoxy) is 1. The van der Waals surface area contributed by atoms with Gasteiger partial charge in [-0.1, -0.05) is 0 Å².